The van der Waals surface area contributed by atoms with E-state index in [2.05, 4.69) is 15.9 Å². The number of benzene rings is 1. The van der Waals surface area contributed by atoms with E-state index >= 15 is 0 Å². The van der Waals surface area contributed by atoms with E-state index in [1.54, 1.807) is 5.32 Å². The molecule has 0 heterocycles. The first-order valence-corrected chi connectivity index (χ1v) is 4.71. The number of nitrogens with one attached hydrogen (secondary N) is 1. The molecule has 0 bridgehead atoms. The second-order valence-electron chi connectivity index (χ2n) is 2.76. The van der Waals surface area contributed by atoms with Gasteiger partial charge in [0.25, 0.3) is 5.91 Å². The van der Waals surface area contributed by atoms with E-state index in [0.717, 1.165) is 6.07 Å². The SMILES string of the molecule is N#CNC(=O)c1ccc(Br)c(C(F)(F)F)c1. The van der Waals surface area contributed by atoms with Crippen molar-refractivity contribution in [2.24, 2.45) is 0 Å². The Kier molecular flexibility index (Phi) is 3.55. The molecule has 0 aliphatic heterocycles. The van der Waals surface area contributed by atoms with Crippen molar-refractivity contribution in [3.63, 3.8) is 0 Å². The van der Waals surface area contributed by atoms with Gasteiger partial charge in [-0.2, -0.15) is 18.4 Å². The topological polar surface area (TPSA) is 52.9 Å². The highest BCUT2D eigenvalue weighted by molar-refractivity contribution is 9.10. The second kappa shape index (κ2) is 4.53. The average Bonchev–Trinajstić information content (AvgIpc) is 2.16. The number of hydrogen-bond acceptors (Lipinski definition) is 2. The number of alkyl halides is 3. The van der Waals surface area contributed by atoms with Gasteiger partial charge >= 0.3 is 6.18 Å². The van der Waals surface area contributed by atoms with Crippen LogP contribution in [0.3, 0.4) is 0 Å². The first-order valence-electron chi connectivity index (χ1n) is 3.92. The molecule has 0 aromatic heterocycles. The Morgan fingerprint density at radius 3 is 2.56 bits per heavy atom. The van der Waals surface area contributed by atoms with Gasteiger partial charge in [0.05, 0.1) is 5.56 Å². The minimum atomic E-state index is -4.55. The summed E-state index contributed by atoms with van der Waals surface area (Å²) in [5, 5.41) is 9.91. The van der Waals surface area contributed by atoms with Crippen LogP contribution >= 0.6 is 15.9 Å². The number of nitriles is 1. The summed E-state index contributed by atoms with van der Waals surface area (Å²) in [6, 6.07) is 2.97. The van der Waals surface area contributed by atoms with Crippen molar-refractivity contribution < 1.29 is 18.0 Å². The summed E-state index contributed by atoms with van der Waals surface area (Å²) < 4.78 is 37.2. The summed E-state index contributed by atoms with van der Waals surface area (Å²) in [6.07, 6.45) is -3.21. The molecule has 3 nitrogen and oxygen atoms in total. The fraction of sp³-hybridized carbons (Fsp3) is 0.111. The molecule has 7 heteroatoms. The summed E-state index contributed by atoms with van der Waals surface area (Å²) >= 11 is 2.74. The Bertz CT molecular complexity index is 465. The maximum atomic E-state index is 12.5. The fourth-order valence-corrected chi connectivity index (χ4v) is 1.48. The van der Waals surface area contributed by atoms with Gasteiger partial charge in [0.2, 0.25) is 0 Å². The molecule has 0 fully saturated rings. The fourth-order valence-electron chi connectivity index (χ4n) is 1.01. The minimum Gasteiger partial charge on any atom is -0.268 e. The normalized spacial score (nSPS) is 10.7. The van der Waals surface area contributed by atoms with Crippen molar-refractivity contribution in [2.45, 2.75) is 6.18 Å². The lowest BCUT2D eigenvalue weighted by Crippen LogP contribution is -2.18. The minimum absolute atomic E-state index is 0.159. The van der Waals surface area contributed by atoms with E-state index in [1.165, 1.54) is 12.3 Å². The standard InChI is InChI=1S/C9H4BrF3N2O/c10-7-2-1-5(8(16)15-4-14)3-6(7)9(11,12)13/h1-3H,(H,15,16). The number of hydrogen-bond donors (Lipinski definition) is 1. The third kappa shape index (κ3) is 2.73. The number of carbonyl (C=O) groups excluding carboxylic acids is 1. The van der Waals surface area contributed by atoms with Crippen LogP contribution < -0.4 is 5.32 Å². The predicted molar refractivity (Wildman–Crippen MR) is 52.2 cm³/mol. The Hall–Kier alpha value is -1.55. The molecule has 0 aliphatic rings. The van der Waals surface area contributed by atoms with Gasteiger partial charge in [0, 0.05) is 10.0 Å². The molecular formula is C9H4BrF3N2O. The van der Waals surface area contributed by atoms with Gasteiger partial charge in [-0.05, 0) is 18.2 Å². The smallest absolute Gasteiger partial charge is 0.268 e. The average molecular weight is 293 g/mol. The molecule has 1 aromatic carbocycles. The third-order valence-electron chi connectivity index (χ3n) is 1.70. The summed E-state index contributed by atoms with van der Waals surface area (Å²) in [6.45, 7) is 0. The van der Waals surface area contributed by atoms with Crippen molar-refractivity contribution in [2.75, 3.05) is 0 Å². The number of nitrogens with zero attached hydrogens (tertiary/aromatic N) is 1. The lowest BCUT2D eigenvalue weighted by atomic mass is 10.1. The largest absolute Gasteiger partial charge is 0.417 e. The highest BCUT2D eigenvalue weighted by atomic mass is 79.9. The van der Waals surface area contributed by atoms with Crippen LogP contribution in [0.2, 0.25) is 0 Å². The van der Waals surface area contributed by atoms with Gasteiger partial charge in [0.15, 0.2) is 6.19 Å². The van der Waals surface area contributed by atoms with Crippen molar-refractivity contribution in [1.82, 2.24) is 5.32 Å². The molecule has 1 N–H and O–H groups in total. The Balaban J connectivity index is 3.19. The summed E-state index contributed by atoms with van der Waals surface area (Å²) in [7, 11) is 0. The molecule has 84 valence electrons. The highest BCUT2D eigenvalue weighted by Crippen LogP contribution is 2.35. The molecule has 0 saturated heterocycles. The van der Waals surface area contributed by atoms with Crippen molar-refractivity contribution in [1.29, 1.82) is 5.26 Å². The van der Waals surface area contributed by atoms with E-state index < -0.39 is 17.6 Å². The molecule has 1 rings (SSSR count). The molecule has 0 unspecified atom stereocenters. The third-order valence-corrected chi connectivity index (χ3v) is 2.39. The molecular weight excluding hydrogens is 289 g/mol. The maximum absolute atomic E-state index is 12.5. The summed E-state index contributed by atoms with van der Waals surface area (Å²) in [5.74, 6) is -0.875. The van der Waals surface area contributed by atoms with Crippen LogP contribution in [0.5, 0.6) is 0 Å². The number of rotatable bonds is 1. The quantitative estimate of drug-likeness (QED) is 0.639. The number of halogens is 4. The molecule has 0 spiro atoms. The van der Waals surface area contributed by atoms with Crippen LogP contribution in [0.1, 0.15) is 15.9 Å². The van der Waals surface area contributed by atoms with E-state index in [0.29, 0.717) is 6.07 Å². The van der Waals surface area contributed by atoms with Crippen LogP contribution in [0.25, 0.3) is 0 Å². The monoisotopic (exact) mass is 292 g/mol. The van der Waals surface area contributed by atoms with E-state index in [9.17, 15) is 18.0 Å². The van der Waals surface area contributed by atoms with Crippen molar-refractivity contribution in [3.8, 4) is 6.19 Å². The zero-order valence-corrected chi connectivity index (χ0v) is 9.19. The van der Waals surface area contributed by atoms with Gasteiger partial charge in [-0.1, -0.05) is 15.9 Å². The van der Waals surface area contributed by atoms with Gasteiger partial charge in [-0.25, -0.2) is 0 Å². The number of carbonyl (C=O) groups is 1. The van der Waals surface area contributed by atoms with E-state index in [-0.39, 0.29) is 10.0 Å². The zero-order valence-electron chi connectivity index (χ0n) is 7.60. The molecule has 0 aliphatic carbocycles. The van der Waals surface area contributed by atoms with Crippen LogP contribution in [0.15, 0.2) is 22.7 Å². The predicted octanol–water partition coefficient (Wildman–Crippen LogP) is 2.68. The summed E-state index contributed by atoms with van der Waals surface area (Å²) in [4.78, 5) is 11.1. The molecule has 0 saturated carbocycles. The van der Waals surface area contributed by atoms with Crippen LogP contribution in [0.4, 0.5) is 13.2 Å². The lowest BCUT2D eigenvalue weighted by Gasteiger charge is -2.09. The zero-order chi connectivity index (χ0) is 12.3. The Morgan fingerprint density at radius 2 is 2.06 bits per heavy atom. The molecule has 16 heavy (non-hydrogen) atoms. The highest BCUT2D eigenvalue weighted by Gasteiger charge is 2.33. The first-order chi connectivity index (χ1) is 7.36. The first kappa shape index (κ1) is 12.5. The molecule has 0 radical (unpaired) electrons. The van der Waals surface area contributed by atoms with Gasteiger partial charge in [-0.15, -0.1) is 0 Å². The summed E-state index contributed by atoms with van der Waals surface area (Å²) in [5.41, 5.74) is -1.19. The Morgan fingerprint density at radius 1 is 1.44 bits per heavy atom. The van der Waals surface area contributed by atoms with Gasteiger partial charge in [-0.3, -0.25) is 10.1 Å². The number of amides is 1. The van der Waals surface area contributed by atoms with Crippen LogP contribution in [-0.4, -0.2) is 5.91 Å². The molecule has 1 amide bonds. The van der Waals surface area contributed by atoms with E-state index in [1.807, 2.05) is 0 Å². The second-order valence-corrected chi connectivity index (χ2v) is 3.61. The lowest BCUT2D eigenvalue weighted by molar-refractivity contribution is -0.138. The molecule has 0 atom stereocenters. The molecule has 1 aromatic rings. The van der Waals surface area contributed by atoms with E-state index in [4.69, 9.17) is 5.26 Å². The van der Waals surface area contributed by atoms with Crippen molar-refractivity contribution in [3.05, 3.63) is 33.8 Å². The van der Waals surface area contributed by atoms with Gasteiger partial charge in [0.1, 0.15) is 0 Å². The van der Waals surface area contributed by atoms with Gasteiger partial charge < -0.3 is 0 Å². The Labute approximate surface area is 97.0 Å². The van der Waals surface area contributed by atoms with Crippen LogP contribution in [-0.2, 0) is 6.18 Å². The van der Waals surface area contributed by atoms with Crippen molar-refractivity contribution >= 4 is 21.8 Å². The van der Waals surface area contributed by atoms with Crippen LogP contribution in [0, 0.1) is 11.5 Å². The maximum Gasteiger partial charge on any atom is 0.417 e.